The first kappa shape index (κ1) is 16.4. The molecule has 1 heterocycles. The summed E-state index contributed by atoms with van der Waals surface area (Å²) in [7, 11) is 1.60. The van der Waals surface area contributed by atoms with E-state index < -0.39 is 0 Å². The molecular weight excluding hydrogens is 302 g/mol. The van der Waals surface area contributed by atoms with E-state index in [4.69, 9.17) is 9.47 Å². The summed E-state index contributed by atoms with van der Waals surface area (Å²) >= 11 is 0. The molecule has 1 aliphatic heterocycles. The molecule has 0 radical (unpaired) electrons. The second kappa shape index (κ2) is 7.86. The summed E-state index contributed by atoms with van der Waals surface area (Å²) in [6.07, 6.45) is 3.38. The molecule has 0 bridgehead atoms. The Kier molecular flexibility index (Phi) is 5.36. The molecule has 1 saturated heterocycles. The van der Waals surface area contributed by atoms with E-state index in [1.807, 2.05) is 47.4 Å². The van der Waals surface area contributed by atoms with Crippen LogP contribution in [0.15, 0.2) is 48.5 Å². The first-order chi connectivity index (χ1) is 11.8. The van der Waals surface area contributed by atoms with E-state index in [2.05, 4.69) is 0 Å². The van der Waals surface area contributed by atoms with E-state index in [0.717, 1.165) is 31.5 Å². The summed E-state index contributed by atoms with van der Waals surface area (Å²) in [5.41, 5.74) is 1.74. The molecule has 0 aliphatic carbocycles. The Morgan fingerprint density at radius 1 is 1.00 bits per heavy atom. The van der Waals surface area contributed by atoms with E-state index in [1.165, 1.54) is 6.42 Å². The SMILES string of the molecule is COc1cc(C(=O)N2CCCCC2)ccc1OCc1ccccc1. The highest BCUT2D eigenvalue weighted by Gasteiger charge is 2.19. The van der Waals surface area contributed by atoms with E-state index in [9.17, 15) is 4.79 Å². The highest BCUT2D eigenvalue weighted by atomic mass is 16.5. The normalized spacial score (nSPS) is 14.3. The third kappa shape index (κ3) is 3.88. The van der Waals surface area contributed by atoms with Crippen LogP contribution >= 0.6 is 0 Å². The van der Waals surface area contributed by atoms with Gasteiger partial charge < -0.3 is 14.4 Å². The lowest BCUT2D eigenvalue weighted by molar-refractivity contribution is 0.0724. The topological polar surface area (TPSA) is 38.8 Å². The molecule has 24 heavy (non-hydrogen) atoms. The Balaban J connectivity index is 1.71. The van der Waals surface area contributed by atoms with Gasteiger partial charge >= 0.3 is 0 Å². The Morgan fingerprint density at radius 3 is 2.46 bits per heavy atom. The number of rotatable bonds is 5. The van der Waals surface area contributed by atoms with Crippen LogP contribution in [0.5, 0.6) is 11.5 Å². The van der Waals surface area contributed by atoms with Gasteiger partial charge in [0.2, 0.25) is 0 Å². The number of nitrogens with zero attached hydrogens (tertiary/aromatic N) is 1. The third-order valence-corrected chi connectivity index (χ3v) is 4.29. The smallest absolute Gasteiger partial charge is 0.253 e. The van der Waals surface area contributed by atoms with Crippen LogP contribution in [0.25, 0.3) is 0 Å². The minimum Gasteiger partial charge on any atom is -0.493 e. The molecule has 4 heteroatoms. The fraction of sp³-hybridized carbons (Fsp3) is 0.350. The third-order valence-electron chi connectivity index (χ3n) is 4.29. The summed E-state index contributed by atoms with van der Waals surface area (Å²) in [5, 5.41) is 0. The molecule has 0 N–H and O–H groups in total. The number of hydrogen-bond acceptors (Lipinski definition) is 3. The fourth-order valence-corrected chi connectivity index (χ4v) is 2.93. The van der Waals surface area contributed by atoms with Crippen LogP contribution in [0, 0.1) is 0 Å². The zero-order valence-electron chi connectivity index (χ0n) is 14.0. The van der Waals surface area contributed by atoms with Gasteiger partial charge in [0.15, 0.2) is 11.5 Å². The minimum absolute atomic E-state index is 0.0719. The molecule has 3 rings (SSSR count). The average Bonchev–Trinajstić information content (AvgIpc) is 2.67. The molecule has 0 saturated carbocycles. The molecule has 2 aromatic rings. The number of carbonyl (C=O) groups excluding carboxylic acids is 1. The van der Waals surface area contributed by atoms with Gasteiger partial charge in [-0.2, -0.15) is 0 Å². The average molecular weight is 325 g/mol. The van der Waals surface area contributed by atoms with Crippen LogP contribution in [0.2, 0.25) is 0 Å². The molecule has 4 nitrogen and oxygen atoms in total. The van der Waals surface area contributed by atoms with Crippen LogP contribution < -0.4 is 9.47 Å². The van der Waals surface area contributed by atoms with Gasteiger partial charge in [-0.15, -0.1) is 0 Å². The second-order valence-electron chi connectivity index (χ2n) is 5.99. The maximum Gasteiger partial charge on any atom is 0.253 e. The van der Waals surface area contributed by atoms with Crippen molar-refractivity contribution in [2.24, 2.45) is 0 Å². The first-order valence-corrected chi connectivity index (χ1v) is 8.42. The van der Waals surface area contributed by atoms with E-state index >= 15 is 0 Å². The van der Waals surface area contributed by atoms with Crippen molar-refractivity contribution in [2.75, 3.05) is 20.2 Å². The molecule has 126 valence electrons. The van der Waals surface area contributed by atoms with Crippen LogP contribution in [0.4, 0.5) is 0 Å². The Morgan fingerprint density at radius 2 is 1.75 bits per heavy atom. The molecule has 0 aromatic heterocycles. The molecule has 0 spiro atoms. The van der Waals surface area contributed by atoms with Crippen molar-refractivity contribution in [3.8, 4) is 11.5 Å². The standard InChI is InChI=1S/C20H23NO3/c1-23-19-14-17(20(22)21-12-6-3-7-13-21)10-11-18(19)24-15-16-8-4-2-5-9-16/h2,4-5,8-11,14H,3,6-7,12-13,15H2,1H3. The van der Waals surface area contributed by atoms with E-state index in [0.29, 0.717) is 23.7 Å². The summed E-state index contributed by atoms with van der Waals surface area (Å²) in [4.78, 5) is 14.5. The molecule has 0 atom stereocenters. The number of carbonyl (C=O) groups is 1. The lowest BCUT2D eigenvalue weighted by Gasteiger charge is -2.27. The highest BCUT2D eigenvalue weighted by molar-refractivity contribution is 5.95. The summed E-state index contributed by atoms with van der Waals surface area (Å²) in [5.74, 6) is 1.31. The van der Waals surface area contributed by atoms with E-state index in [1.54, 1.807) is 13.2 Å². The molecule has 2 aromatic carbocycles. The minimum atomic E-state index is 0.0719. The second-order valence-corrected chi connectivity index (χ2v) is 5.99. The van der Waals surface area contributed by atoms with Gasteiger partial charge in [0, 0.05) is 18.7 Å². The van der Waals surface area contributed by atoms with Crippen LogP contribution in [-0.2, 0) is 6.61 Å². The Bertz CT molecular complexity index is 679. The van der Waals surface area contributed by atoms with Crippen molar-refractivity contribution in [1.29, 1.82) is 0 Å². The molecule has 1 amide bonds. The predicted octanol–water partition coefficient (Wildman–Crippen LogP) is 3.90. The summed E-state index contributed by atoms with van der Waals surface area (Å²) in [6.45, 7) is 2.15. The van der Waals surface area contributed by atoms with Gasteiger partial charge in [0.05, 0.1) is 7.11 Å². The van der Waals surface area contributed by atoms with Gasteiger partial charge in [-0.05, 0) is 43.0 Å². The number of piperidine rings is 1. The van der Waals surface area contributed by atoms with Crippen molar-refractivity contribution < 1.29 is 14.3 Å². The van der Waals surface area contributed by atoms with Crippen LogP contribution in [0.3, 0.4) is 0 Å². The Hall–Kier alpha value is -2.49. The number of methoxy groups -OCH3 is 1. The van der Waals surface area contributed by atoms with Crippen LogP contribution in [-0.4, -0.2) is 31.0 Å². The maximum absolute atomic E-state index is 12.6. The Labute approximate surface area is 143 Å². The van der Waals surface area contributed by atoms with Crippen LogP contribution in [0.1, 0.15) is 35.2 Å². The zero-order chi connectivity index (χ0) is 16.8. The van der Waals surface area contributed by atoms with E-state index in [-0.39, 0.29) is 5.91 Å². The molecule has 0 unspecified atom stereocenters. The number of amides is 1. The predicted molar refractivity (Wildman–Crippen MR) is 93.5 cm³/mol. The fourth-order valence-electron chi connectivity index (χ4n) is 2.93. The maximum atomic E-state index is 12.6. The number of ether oxygens (including phenoxy) is 2. The first-order valence-electron chi connectivity index (χ1n) is 8.42. The molecule has 1 fully saturated rings. The van der Waals surface area contributed by atoms with Crippen molar-refractivity contribution >= 4 is 5.91 Å². The highest BCUT2D eigenvalue weighted by Crippen LogP contribution is 2.29. The van der Waals surface area contributed by atoms with Crippen molar-refractivity contribution in [3.05, 3.63) is 59.7 Å². The quantitative estimate of drug-likeness (QED) is 0.837. The lowest BCUT2D eigenvalue weighted by atomic mass is 10.1. The van der Waals surface area contributed by atoms with Gasteiger partial charge in [-0.25, -0.2) is 0 Å². The van der Waals surface area contributed by atoms with Gasteiger partial charge in [-0.3, -0.25) is 4.79 Å². The molecular formula is C20H23NO3. The number of hydrogen-bond donors (Lipinski definition) is 0. The largest absolute Gasteiger partial charge is 0.493 e. The van der Waals surface area contributed by atoms with Crippen molar-refractivity contribution in [1.82, 2.24) is 4.90 Å². The monoisotopic (exact) mass is 325 g/mol. The summed E-state index contributed by atoms with van der Waals surface area (Å²) in [6, 6.07) is 15.4. The number of likely N-dealkylation sites (tertiary alicyclic amines) is 1. The summed E-state index contributed by atoms with van der Waals surface area (Å²) < 4.78 is 11.3. The molecule has 1 aliphatic rings. The zero-order valence-corrected chi connectivity index (χ0v) is 14.0. The number of benzene rings is 2. The van der Waals surface area contributed by atoms with Crippen molar-refractivity contribution in [3.63, 3.8) is 0 Å². The van der Waals surface area contributed by atoms with Gasteiger partial charge in [0.1, 0.15) is 6.61 Å². The van der Waals surface area contributed by atoms with Gasteiger partial charge in [-0.1, -0.05) is 30.3 Å². The lowest BCUT2D eigenvalue weighted by Crippen LogP contribution is -2.35. The van der Waals surface area contributed by atoms with Crippen molar-refractivity contribution in [2.45, 2.75) is 25.9 Å². The van der Waals surface area contributed by atoms with Gasteiger partial charge in [0.25, 0.3) is 5.91 Å².